The number of rotatable bonds is 4. The van der Waals surface area contributed by atoms with E-state index < -0.39 is 27.9 Å². The minimum atomic E-state index is -1.52. The van der Waals surface area contributed by atoms with Crippen LogP contribution in [0, 0.1) is 5.82 Å². The molecule has 2 heterocycles. The molecule has 0 spiro atoms. The first kappa shape index (κ1) is 19.4. The Morgan fingerprint density at radius 3 is 2.60 bits per heavy atom. The van der Waals surface area contributed by atoms with Gasteiger partial charge < -0.3 is 14.3 Å². The molecule has 0 aromatic carbocycles. The lowest BCUT2D eigenvalue weighted by Crippen LogP contribution is -2.27. The van der Waals surface area contributed by atoms with Crippen molar-refractivity contribution in [1.29, 1.82) is 0 Å². The molecular weight excluding hydrogens is 345 g/mol. The van der Waals surface area contributed by atoms with Gasteiger partial charge >= 0.3 is 5.97 Å². The second-order valence-electron chi connectivity index (χ2n) is 6.93. The van der Waals surface area contributed by atoms with Gasteiger partial charge in [-0.25, -0.2) is 14.2 Å². The van der Waals surface area contributed by atoms with Crippen molar-refractivity contribution in [1.82, 2.24) is 9.97 Å². The van der Waals surface area contributed by atoms with E-state index in [1.54, 1.807) is 41.5 Å². The average molecular weight is 367 g/mol. The molecule has 0 fully saturated rings. The number of hydrogen-bond acceptors (Lipinski definition) is 5. The van der Waals surface area contributed by atoms with E-state index in [0.717, 1.165) is 0 Å². The summed E-state index contributed by atoms with van der Waals surface area (Å²) in [6, 6.07) is 2.75. The highest BCUT2D eigenvalue weighted by molar-refractivity contribution is 7.91. The lowest BCUT2D eigenvalue weighted by Gasteiger charge is -2.18. The Labute approximate surface area is 149 Å². The number of halogens is 1. The molecule has 6 nitrogen and oxygen atoms in total. The monoisotopic (exact) mass is 367 g/mol. The van der Waals surface area contributed by atoms with Crippen molar-refractivity contribution in [3.8, 4) is 0 Å². The highest BCUT2D eigenvalue weighted by atomic mass is 32.2. The molecule has 8 heteroatoms. The van der Waals surface area contributed by atoms with Crippen LogP contribution >= 0.6 is 0 Å². The number of aromatic nitrogens is 2. The summed E-state index contributed by atoms with van der Waals surface area (Å²) < 4.78 is 35.1. The van der Waals surface area contributed by atoms with Gasteiger partial charge in [0, 0.05) is 5.39 Å². The number of aromatic amines is 1. The first-order valence-electron chi connectivity index (χ1n) is 7.87. The second-order valence-corrected chi connectivity index (χ2v) is 8.84. The zero-order valence-corrected chi connectivity index (χ0v) is 16.0. The van der Waals surface area contributed by atoms with Gasteiger partial charge in [0.05, 0.1) is 6.10 Å². The van der Waals surface area contributed by atoms with Crippen molar-refractivity contribution in [2.75, 3.05) is 0 Å². The molecule has 2 rings (SSSR count). The van der Waals surface area contributed by atoms with Crippen LogP contribution in [0.3, 0.4) is 0 Å². The topological polar surface area (TPSA) is 90.4 Å². The fourth-order valence-electron chi connectivity index (χ4n) is 1.98. The number of carbonyl (C=O) groups is 1. The van der Waals surface area contributed by atoms with Crippen molar-refractivity contribution >= 4 is 34.1 Å². The Morgan fingerprint density at radius 1 is 1.40 bits per heavy atom. The number of esters is 1. The summed E-state index contributed by atoms with van der Waals surface area (Å²) in [7, 11) is 0. The number of hydrogen-bond donors (Lipinski definition) is 1. The van der Waals surface area contributed by atoms with Crippen molar-refractivity contribution in [3.63, 3.8) is 0 Å². The number of nitrogens with zero attached hydrogens (tertiary/aromatic N) is 2. The van der Waals surface area contributed by atoms with Gasteiger partial charge in [-0.3, -0.25) is 0 Å². The Balaban J connectivity index is 2.41. The van der Waals surface area contributed by atoms with Gasteiger partial charge in [0.15, 0.2) is 5.82 Å². The Hall–Kier alpha value is -1.93. The predicted molar refractivity (Wildman–Crippen MR) is 96.7 cm³/mol. The molecule has 1 N–H and O–H groups in total. The van der Waals surface area contributed by atoms with E-state index in [4.69, 9.17) is 4.74 Å². The van der Waals surface area contributed by atoms with Crippen LogP contribution in [0.4, 0.5) is 4.39 Å². The third kappa shape index (κ3) is 4.58. The van der Waals surface area contributed by atoms with E-state index >= 15 is 0 Å². The van der Waals surface area contributed by atoms with Crippen LogP contribution in [0.15, 0.2) is 16.5 Å². The number of pyridine rings is 1. The summed E-state index contributed by atoms with van der Waals surface area (Å²) in [5, 5.41) is 0.446. The summed E-state index contributed by atoms with van der Waals surface area (Å²) in [5.74, 6) is -1.13. The number of carbonyl (C=O) groups excluding carboxylic acids is 1. The van der Waals surface area contributed by atoms with E-state index in [-0.39, 0.29) is 23.2 Å². The molecule has 136 valence electrons. The fourth-order valence-corrected chi connectivity index (χ4v) is 2.59. The molecule has 1 unspecified atom stereocenters. The predicted octanol–water partition coefficient (Wildman–Crippen LogP) is 3.54. The van der Waals surface area contributed by atoms with Crippen LogP contribution in [0.5, 0.6) is 0 Å². The van der Waals surface area contributed by atoms with Crippen LogP contribution < -0.4 is 0 Å². The van der Waals surface area contributed by atoms with E-state index in [1.807, 2.05) is 0 Å². The van der Waals surface area contributed by atoms with Gasteiger partial charge in [-0.2, -0.15) is 0 Å². The van der Waals surface area contributed by atoms with Gasteiger partial charge in [0.2, 0.25) is 0 Å². The van der Waals surface area contributed by atoms with E-state index in [0.29, 0.717) is 11.0 Å². The highest BCUT2D eigenvalue weighted by Gasteiger charge is 2.27. The molecule has 0 aliphatic heterocycles. The number of ether oxygens (including phenoxy) is 1. The first-order chi connectivity index (χ1) is 11.5. The largest absolute Gasteiger partial charge is 0.591 e. The molecule has 0 saturated carbocycles. The SMILES string of the molecule is CC(=N[S+]([O-])C(C)(C)C)c1nc2[nH]c(C(=O)OC(C)C)cc2cc1F. The average Bonchev–Trinajstić information content (AvgIpc) is 2.87. The van der Waals surface area contributed by atoms with E-state index in [1.165, 1.54) is 12.1 Å². The van der Waals surface area contributed by atoms with Gasteiger partial charge in [-0.05, 0) is 53.7 Å². The molecule has 0 radical (unpaired) electrons. The number of H-pyrrole nitrogens is 1. The van der Waals surface area contributed by atoms with Crippen LogP contribution in [0.2, 0.25) is 0 Å². The van der Waals surface area contributed by atoms with E-state index in [2.05, 4.69) is 14.4 Å². The lowest BCUT2D eigenvalue weighted by molar-refractivity contribution is 0.0372. The Kier molecular flexibility index (Phi) is 5.53. The molecule has 0 saturated heterocycles. The fraction of sp³-hybridized carbons (Fsp3) is 0.471. The summed E-state index contributed by atoms with van der Waals surface area (Å²) in [6.07, 6.45) is -0.263. The second kappa shape index (κ2) is 7.13. The standard InChI is InChI=1S/C17H22FN3O3S/c1-9(2)24-16(22)13-8-11-7-12(18)14(20-15(11)19-13)10(3)21-25(23)17(4,5)6/h7-9H,1-6H3,(H,19,20). The van der Waals surface area contributed by atoms with Crippen LogP contribution in [0.1, 0.15) is 57.7 Å². The molecule has 0 aliphatic rings. The first-order valence-corrected chi connectivity index (χ1v) is 8.97. The minimum absolute atomic E-state index is 0.00396. The maximum absolute atomic E-state index is 14.4. The van der Waals surface area contributed by atoms with E-state index in [9.17, 15) is 13.7 Å². The van der Waals surface area contributed by atoms with Gasteiger partial charge in [0.25, 0.3) is 0 Å². The quantitative estimate of drug-likeness (QED) is 0.508. The summed E-state index contributed by atoms with van der Waals surface area (Å²) >= 11 is -1.52. The highest BCUT2D eigenvalue weighted by Crippen LogP contribution is 2.21. The minimum Gasteiger partial charge on any atom is -0.591 e. The lowest BCUT2D eigenvalue weighted by atomic mass is 10.2. The molecule has 0 amide bonds. The van der Waals surface area contributed by atoms with Crippen molar-refractivity contribution in [3.05, 3.63) is 29.3 Å². The Morgan fingerprint density at radius 2 is 2.04 bits per heavy atom. The van der Waals surface area contributed by atoms with Crippen LogP contribution in [0.25, 0.3) is 11.0 Å². The van der Waals surface area contributed by atoms with Gasteiger partial charge in [-0.1, -0.05) is 4.40 Å². The molecule has 25 heavy (non-hydrogen) atoms. The Bertz CT molecular complexity index is 824. The van der Waals surface area contributed by atoms with Crippen LogP contribution in [-0.2, 0) is 16.1 Å². The van der Waals surface area contributed by atoms with Crippen molar-refractivity contribution in [2.45, 2.75) is 52.4 Å². The maximum Gasteiger partial charge on any atom is 0.355 e. The van der Waals surface area contributed by atoms with Crippen molar-refractivity contribution < 1.29 is 18.5 Å². The molecule has 2 aromatic heterocycles. The zero-order valence-electron chi connectivity index (χ0n) is 15.1. The summed E-state index contributed by atoms with van der Waals surface area (Å²) in [6.45, 7) is 10.4. The third-order valence-corrected chi connectivity index (χ3v) is 4.69. The molecule has 0 bridgehead atoms. The normalized spacial score (nSPS) is 14.2. The summed E-state index contributed by atoms with van der Waals surface area (Å²) in [4.78, 5) is 19.0. The molecule has 0 aliphatic carbocycles. The van der Waals surface area contributed by atoms with Gasteiger partial charge in [-0.15, -0.1) is 0 Å². The van der Waals surface area contributed by atoms with Gasteiger partial charge in [0.1, 0.15) is 38.9 Å². The molecule has 1 atom stereocenters. The van der Waals surface area contributed by atoms with Crippen LogP contribution in [-0.4, -0.2) is 37.1 Å². The van der Waals surface area contributed by atoms with Crippen molar-refractivity contribution in [2.24, 2.45) is 4.40 Å². The third-order valence-electron chi connectivity index (χ3n) is 3.21. The molecule has 2 aromatic rings. The molecular formula is C17H22FN3O3S. The zero-order chi connectivity index (χ0) is 18.9. The summed E-state index contributed by atoms with van der Waals surface area (Å²) in [5.41, 5.74) is 0.757. The maximum atomic E-state index is 14.4. The number of fused-ring (bicyclic) bond motifs is 1. The number of nitrogens with one attached hydrogen (secondary N) is 1. The smallest absolute Gasteiger partial charge is 0.355 e.